The van der Waals surface area contributed by atoms with Crippen molar-refractivity contribution >= 4 is 64.9 Å². The van der Waals surface area contributed by atoms with Gasteiger partial charge in [-0.2, -0.15) is 0 Å². The van der Waals surface area contributed by atoms with E-state index in [1.807, 2.05) is 0 Å². The maximum absolute atomic E-state index is 2.46. The summed E-state index contributed by atoms with van der Waals surface area (Å²) < 4.78 is 2.39. The van der Waals surface area contributed by atoms with E-state index in [-0.39, 0.29) is 0 Å². The molecule has 0 N–H and O–H groups in total. The van der Waals surface area contributed by atoms with Crippen LogP contribution in [0, 0.1) is 0 Å². The first-order valence-electron chi connectivity index (χ1n) is 15.6. The standard InChI is InChI=1S/C43H31N/c1-27(2)42-37-19-11-18-30(38(37)26-39-33-14-4-3-12-31(33)32-13-5-6-17-36(32)43(39)42)28-22-24-29(25-23-28)44-40-20-9-7-15-34(40)35-16-8-10-21-41(35)44/h3-27H,1-2H3. The van der Waals surface area contributed by atoms with Crippen molar-refractivity contribution in [2.45, 2.75) is 19.8 Å². The molecule has 0 spiro atoms. The quantitative estimate of drug-likeness (QED) is 0.149. The van der Waals surface area contributed by atoms with Crippen molar-refractivity contribution in [3.63, 3.8) is 0 Å². The van der Waals surface area contributed by atoms with Crippen LogP contribution in [0.25, 0.3) is 81.7 Å². The summed E-state index contributed by atoms with van der Waals surface area (Å²) in [7, 11) is 0. The number of fused-ring (bicyclic) bond motifs is 10. The minimum absolute atomic E-state index is 0.374. The first-order valence-corrected chi connectivity index (χ1v) is 15.6. The molecule has 0 aliphatic heterocycles. The second kappa shape index (κ2) is 9.56. The Balaban J connectivity index is 1.31. The lowest BCUT2D eigenvalue weighted by Crippen LogP contribution is -1.96. The van der Waals surface area contributed by atoms with Gasteiger partial charge in [-0.1, -0.05) is 129 Å². The topological polar surface area (TPSA) is 4.93 Å². The summed E-state index contributed by atoms with van der Waals surface area (Å²) in [5.41, 5.74) is 7.59. The molecule has 1 heteroatoms. The highest BCUT2D eigenvalue weighted by molar-refractivity contribution is 6.29. The van der Waals surface area contributed by atoms with Gasteiger partial charge in [0.05, 0.1) is 11.0 Å². The van der Waals surface area contributed by atoms with Crippen LogP contribution in [0.4, 0.5) is 0 Å². The third-order valence-corrected chi connectivity index (χ3v) is 9.52. The van der Waals surface area contributed by atoms with Crippen molar-refractivity contribution in [2.75, 3.05) is 0 Å². The van der Waals surface area contributed by atoms with E-state index in [0.29, 0.717) is 5.92 Å². The van der Waals surface area contributed by atoms with E-state index >= 15 is 0 Å². The molecule has 44 heavy (non-hydrogen) atoms. The van der Waals surface area contributed by atoms with Crippen LogP contribution in [0.3, 0.4) is 0 Å². The maximum Gasteiger partial charge on any atom is 0.0541 e. The van der Waals surface area contributed by atoms with E-state index < -0.39 is 0 Å². The lowest BCUT2D eigenvalue weighted by atomic mass is 9.83. The molecule has 0 atom stereocenters. The van der Waals surface area contributed by atoms with E-state index in [1.165, 1.54) is 87.3 Å². The molecule has 1 aromatic heterocycles. The highest BCUT2D eigenvalue weighted by Crippen LogP contribution is 2.44. The SMILES string of the molecule is CC(C)c1c2cccc(-c3ccc(-n4c5ccccc5c5ccccc54)cc3)c2cc2c3ccccc3c3ccccc3c12. The molecule has 0 aliphatic rings. The van der Waals surface area contributed by atoms with E-state index in [0.717, 1.165) is 0 Å². The number of hydrogen-bond donors (Lipinski definition) is 0. The minimum Gasteiger partial charge on any atom is -0.309 e. The van der Waals surface area contributed by atoms with Crippen LogP contribution in [0.5, 0.6) is 0 Å². The molecule has 0 radical (unpaired) electrons. The van der Waals surface area contributed by atoms with Crippen molar-refractivity contribution in [1.29, 1.82) is 0 Å². The first-order chi connectivity index (χ1) is 21.7. The minimum atomic E-state index is 0.374. The lowest BCUT2D eigenvalue weighted by molar-refractivity contribution is 0.886. The van der Waals surface area contributed by atoms with E-state index in [4.69, 9.17) is 0 Å². The highest BCUT2D eigenvalue weighted by atomic mass is 15.0. The van der Waals surface area contributed by atoms with Crippen molar-refractivity contribution in [3.05, 3.63) is 151 Å². The number of para-hydroxylation sites is 2. The largest absolute Gasteiger partial charge is 0.309 e. The zero-order valence-corrected chi connectivity index (χ0v) is 24.9. The Morgan fingerprint density at radius 2 is 0.909 bits per heavy atom. The van der Waals surface area contributed by atoms with Gasteiger partial charge in [-0.05, 0) is 96.0 Å². The van der Waals surface area contributed by atoms with Gasteiger partial charge in [0.15, 0.2) is 0 Å². The first kappa shape index (κ1) is 25.1. The zero-order chi connectivity index (χ0) is 29.4. The Labute approximate surface area is 256 Å². The number of aromatic nitrogens is 1. The summed E-state index contributed by atoms with van der Waals surface area (Å²) in [5, 5.41) is 13.3. The van der Waals surface area contributed by atoms with Gasteiger partial charge in [0.1, 0.15) is 0 Å². The summed E-state index contributed by atoms with van der Waals surface area (Å²) in [6, 6.07) is 53.7. The van der Waals surface area contributed by atoms with Gasteiger partial charge in [0.25, 0.3) is 0 Å². The molecule has 9 aromatic rings. The highest BCUT2D eigenvalue weighted by Gasteiger charge is 2.19. The van der Waals surface area contributed by atoms with Crippen molar-refractivity contribution in [1.82, 2.24) is 4.57 Å². The summed E-state index contributed by atoms with van der Waals surface area (Å²) in [4.78, 5) is 0. The summed E-state index contributed by atoms with van der Waals surface area (Å²) in [6.07, 6.45) is 0. The van der Waals surface area contributed by atoms with Crippen LogP contribution in [0.1, 0.15) is 25.3 Å². The molecule has 0 saturated heterocycles. The van der Waals surface area contributed by atoms with Gasteiger partial charge in [-0.25, -0.2) is 0 Å². The normalized spacial score (nSPS) is 12.1. The average molecular weight is 562 g/mol. The molecule has 208 valence electrons. The van der Waals surface area contributed by atoms with Crippen molar-refractivity contribution in [3.8, 4) is 16.8 Å². The smallest absolute Gasteiger partial charge is 0.0541 e. The number of hydrogen-bond acceptors (Lipinski definition) is 0. The second-order valence-electron chi connectivity index (χ2n) is 12.3. The third kappa shape index (κ3) is 3.53. The van der Waals surface area contributed by atoms with Gasteiger partial charge < -0.3 is 4.57 Å². The van der Waals surface area contributed by atoms with E-state index in [1.54, 1.807) is 0 Å². The van der Waals surface area contributed by atoms with Gasteiger partial charge in [0, 0.05) is 16.5 Å². The maximum atomic E-state index is 2.46. The fraction of sp³-hybridized carbons (Fsp3) is 0.0698. The Morgan fingerprint density at radius 3 is 1.52 bits per heavy atom. The van der Waals surface area contributed by atoms with Crippen LogP contribution >= 0.6 is 0 Å². The van der Waals surface area contributed by atoms with Gasteiger partial charge in [-0.15, -0.1) is 0 Å². The summed E-state index contributed by atoms with van der Waals surface area (Å²) >= 11 is 0. The zero-order valence-electron chi connectivity index (χ0n) is 24.9. The molecular formula is C43H31N. The molecule has 9 rings (SSSR count). The van der Waals surface area contributed by atoms with Crippen LogP contribution in [-0.4, -0.2) is 4.57 Å². The monoisotopic (exact) mass is 561 g/mol. The number of benzene rings is 8. The fourth-order valence-corrected chi connectivity index (χ4v) is 7.69. The molecule has 0 amide bonds. The number of nitrogens with zero attached hydrogens (tertiary/aromatic N) is 1. The van der Waals surface area contributed by atoms with Crippen LogP contribution in [-0.2, 0) is 0 Å². The predicted octanol–water partition coefficient (Wildman–Crippen LogP) is 12.2. The van der Waals surface area contributed by atoms with Crippen LogP contribution in [0.15, 0.2) is 146 Å². The summed E-state index contributed by atoms with van der Waals surface area (Å²) in [5.74, 6) is 0.374. The molecule has 0 bridgehead atoms. The Bertz CT molecular complexity index is 2510. The number of rotatable bonds is 3. The average Bonchev–Trinajstić information content (AvgIpc) is 3.41. The fourth-order valence-electron chi connectivity index (χ4n) is 7.69. The van der Waals surface area contributed by atoms with Gasteiger partial charge in [-0.3, -0.25) is 0 Å². The third-order valence-electron chi connectivity index (χ3n) is 9.52. The Kier molecular flexibility index (Phi) is 5.46. The second-order valence-corrected chi connectivity index (χ2v) is 12.3. The van der Waals surface area contributed by atoms with Crippen LogP contribution < -0.4 is 0 Å². The molecule has 1 heterocycles. The molecule has 0 unspecified atom stereocenters. The predicted molar refractivity (Wildman–Crippen MR) is 190 cm³/mol. The molecule has 0 saturated carbocycles. The van der Waals surface area contributed by atoms with E-state index in [9.17, 15) is 0 Å². The lowest BCUT2D eigenvalue weighted by Gasteiger charge is -2.20. The summed E-state index contributed by atoms with van der Waals surface area (Å²) in [6.45, 7) is 4.68. The van der Waals surface area contributed by atoms with Crippen LogP contribution in [0.2, 0.25) is 0 Å². The Hall–Kier alpha value is -5.40. The van der Waals surface area contributed by atoms with E-state index in [2.05, 4.69) is 164 Å². The molecule has 0 fully saturated rings. The Morgan fingerprint density at radius 1 is 0.409 bits per heavy atom. The molecule has 8 aromatic carbocycles. The van der Waals surface area contributed by atoms with Crippen molar-refractivity contribution in [2.24, 2.45) is 0 Å². The van der Waals surface area contributed by atoms with Gasteiger partial charge in [0.2, 0.25) is 0 Å². The van der Waals surface area contributed by atoms with Gasteiger partial charge >= 0.3 is 0 Å². The van der Waals surface area contributed by atoms with Crippen molar-refractivity contribution < 1.29 is 0 Å². The molecular weight excluding hydrogens is 530 g/mol. The molecule has 0 aliphatic carbocycles. The molecule has 1 nitrogen and oxygen atoms in total.